The Balaban J connectivity index is 0.00000225. The van der Waals surface area contributed by atoms with Gasteiger partial charge in [-0.1, -0.05) is 37.3 Å². The highest BCUT2D eigenvalue weighted by Crippen LogP contribution is 2.38. The van der Waals surface area contributed by atoms with Crippen LogP contribution in [0, 0.1) is 5.41 Å². The van der Waals surface area contributed by atoms with Crippen LogP contribution < -0.4 is 5.32 Å². The predicted octanol–water partition coefficient (Wildman–Crippen LogP) is 3.26. The van der Waals surface area contributed by atoms with Gasteiger partial charge in [-0.3, -0.25) is 9.48 Å². The highest BCUT2D eigenvalue weighted by atomic mass is 35.5. The summed E-state index contributed by atoms with van der Waals surface area (Å²) < 4.78 is 1.91. The molecule has 2 fully saturated rings. The van der Waals surface area contributed by atoms with Gasteiger partial charge in [-0.05, 0) is 62.2 Å². The van der Waals surface area contributed by atoms with Crippen LogP contribution in [-0.2, 0) is 16.8 Å². The molecule has 1 atom stereocenters. The van der Waals surface area contributed by atoms with Crippen LogP contribution in [0.4, 0.5) is 0 Å². The Bertz CT molecular complexity index is 758. The standard InChI is InChI=1S/C22H30N4O.ClH/c1-21(9-8-19-6-3-2-4-7-19)12-17-25(18-21)20(27)22(10-14-23-15-11-22)26-16-5-13-24-26;/h2-7,13,16,23H,8-12,14-15,17-18H2,1H3;1H. The number of hydrogen-bond donors (Lipinski definition) is 1. The summed E-state index contributed by atoms with van der Waals surface area (Å²) in [6, 6.07) is 12.6. The number of piperidine rings is 1. The summed E-state index contributed by atoms with van der Waals surface area (Å²) in [5, 5.41) is 7.85. The number of nitrogens with zero attached hydrogens (tertiary/aromatic N) is 3. The third kappa shape index (κ3) is 4.11. The van der Waals surface area contributed by atoms with Crippen LogP contribution in [0.2, 0.25) is 0 Å². The van der Waals surface area contributed by atoms with E-state index in [4.69, 9.17) is 0 Å². The second-order valence-corrected chi connectivity index (χ2v) is 8.51. The van der Waals surface area contributed by atoms with Crippen molar-refractivity contribution in [1.82, 2.24) is 20.0 Å². The van der Waals surface area contributed by atoms with Crippen LogP contribution >= 0.6 is 12.4 Å². The molecule has 3 heterocycles. The van der Waals surface area contributed by atoms with Crippen molar-refractivity contribution in [2.24, 2.45) is 5.41 Å². The number of benzene rings is 1. The average Bonchev–Trinajstić information content (AvgIpc) is 3.38. The Morgan fingerprint density at radius 3 is 2.57 bits per heavy atom. The maximum atomic E-state index is 13.6. The van der Waals surface area contributed by atoms with E-state index in [0.717, 1.165) is 58.3 Å². The van der Waals surface area contributed by atoms with Gasteiger partial charge < -0.3 is 10.2 Å². The topological polar surface area (TPSA) is 50.2 Å². The lowest BCUT2D eigenvalue weighted by atomic mass is 9.83. The maximum absolute atomic E-state index is 13.6. The van der Waals surface area contributed by atoms with Crippen molar-refractivity contribution in [3.63, 3.8) is 0 Å². The molecule has 6 heteroatoms. The number of aryl methyl sites for hydroxylation is 1. The average molecular weight is 403 g/mol. The third-order valence-corrected chi connectivity index (χ3v) is 6.48. The zero-order valence-electron chi connectivity index (χ0n) is 16.6. The van der Waals surface area contributed by atoms with Crippen molar-refractivity contribution in [1.29, 1.82) is 0 Å². The number of carbonyl (C=O) groups is 1. The SMILES string of the molecule is CC1(CCc2ccccc2)CCN(C(=O)C2(n3cccn3)CCNCC2)C1.Cl. The quantitative estimate of drug-likeness (QED) is 0.835. The lowest BCUT2D eigenvalue weighted by molar-refractivity contribution is -0.142. The molecule has 0 bridgehead atoms. The molecule has 1 amide bonds. The molecule has 5 nitrogen and oxygen atoms in total. The minimum absolute atomic E-state index is 0. The monoisotopic (exact) mass is 402 g/mol. The van der Waals surface area contributed by atoms with Gasteiger partial charge in [0.05, 0.1) is 0 Å². The normalized spacial score (nSPS) is 24.0. The van der Waals surface area contributed by atoms with E-state index >= 15 is 0 Å². The van der Waals surface area contributed by atoms with Gasteiger partial charge in [-0.25, -0.2) is 0 Å². The van der Waals surface area contributed by atoms with Crippen molar-refractivity contribution in [3.8, 4) is 0 Å². The fourth-order valence-electron chi connectivity index (χ4n) is 4.69. The molecule has 1 aromatic heterocycles. The molecule has 1 unspecified atom stereocenters. The Labute approximate surface area is 173 Å². The highest BCUT2D eigenvalue weighted by Gasteiger charge is 2.47. The first-order valence-electron chi connectivity index (χ1n) is 10.2. The van der Waals surface area contributed by atoms with Gasteiger partial charge in [0.2, 0.25) is 0 Å². The first-order valence-corrected chi connectivity index (χ1v) is 10.2. The summed E-state index contributed by atoms with van der Waals surface area (Å²) in [4.78, 5) is 15.7. The number of amides is 1. The van der Waals surface area contributed by atoms with E-state index < -0.39 is 5.54 Å². The number of rotatable bonds is 5. The van der Waals surface area contributed by atoms with E-state index in [1.54, 1.807) is 6.20 Å². The molecular formula is C22H31ClN4O. The van der Waals surface area contributed by atoms with Crippen LogP contribution in [0.25, 0.3) is 0 Å². The summed E-state index contributed by atoms with van der Waals surface area (Å²) in [7, 11) is 0. The predicted molar refractivity (Wildman–Crippen MR) is 114 cm³/mol. The van der Waals surface area contributed by atoms with Crippen molar-refractivity contribution in [3.05, 3.63) is 54.4 Å². The Hall–Kier alpha value is -1.85. The lowest BCUT2D eigenvalue weighted by Gasteiger charge is -2.39. The number of hydrogen-bond acceptors (Lipinski definition) is 3. The minimum atomic E-state index is -0.514. The fraction of sp³-hybridized carbons (Fsp3) is 0.545. The van der Waals surface area contributed by atoms with E-state index in [0.29, 0.717) is 0 Å². The number of nitrogens with one attached hydrogen (secondary N) is 1. The molecule has 0 spiro atoms. The minimum Gasteiger partial charge on any atom is -0.340 e. The lowest BCUT2D eigenvalue weighted by Crippen LogP contribution is -2.55. The van der Waals surface area contributed by atoms with Crippen LogP contribution in [0.15, 0.2) is 48.8 Å². The Morgan fingerprint density at radius 2 is 1.89 bits per heavy atom. The molecule has 4 rings (SSSR count). The molecule has 0 saturated carbocycles. The van der Waals surface area contributed by atoms with Crippen LogP contribution in [0.3, 0.4) is 0 Å². The third-order valence-electron chi connectivity index (χ3n) is 6.48. The van der Waals surface area contributed by atoms with E-state index in [9.17, 15) is 4.79 Å². The summed E-state index contributed by atoms with van der Waals surface area (Å²) in [6.45, 7) is 5.79. The summed E-state index contributed by atoms with van der Waals surface area (Å²) in [5.74, 6) is 0.260. The molecule has 2 aliphatic heterocycles. The molecule has 0 radical (unpaired) electrons. The van der Waals surface area contributed by atoms with Crippen LogP contribution in [-0.4, -0.2) is 46.8 Å². The first-order chi connectivity index (χ1) is 13.1. The second kappa shape index (κ2) is 8.66. The van der Waals surface area contributed by atoms with Gasteiger partial charge >= 0.3 is 0 Å². The molecular weight excluding hydrogens is 372 g/mol. The zero-order valence-corrected chi connectivity index (χ0v) is 17.5. The van der Waals surface area contributed by atoms with Crippen molar-refractivity contribution < 1.29 is 4.79 Å². The second-order valence-electron chi connectivity index (χ2n) is 8.51. The molecule has 2 aliphatic rings. The van der Waals surface area contributed by atoms with E-state index in [2.05, 4.69) is 52.6 Å². The van der Waals surface area contributed by atoms with Crippen LogP contribution in [0.1, 0.15) is 38.2 Å². The van der Waals surface area contributed by atoms with E-state index in [1.165, 1.54) is 5.56 Å². The zero-order chi connectivity index (χ0) is 18.7. The van der Waals surface area contributed by atoms with Gasteiger partial charge in [0.1, 0.15) is 5.54 Å². The number of carbonyl (C=O) groups excluding carboxylic acids is 1. The number of likely N-dealkylation sites (tertiary alicyclic amines) is 1. The summed E-state index contributed by atoms with van der Waals surface area (Å²) >= 11 is 0. The Kier molecular flexibility index (Phi) is 6.46. The first kappa shape index (κ1) is 20.9. The molecule has 0 aliphatic carbocycles. The Morgan fingerprint density at radius 1 is 1.14 bits per heavy atom. The molecule has 1 N–H and O–H groups in total. The molecule has 1 aromatic carbocycles. The van der Waals surface area contributed by atoms with Crippen molar-refractivity contribution >= 4 is 18.3 Å². The molecule has 152 valence electrons. The number of aromatic nitrogens is 2. The van der Waals surface area contributed by atoms with Gasteiger partial charge in [0.25, 0.3) is 5.91 Å². The van der Waals surface area contributed by atoms with Crippen molar-refractivity contribution in [2.75, 3.05) is 26.2 Å². The van der Waals surface area contributed by atoms with Gasteiger partial charge in [0.15, 0.2) is 0 Å². The molecule has 2 saturated heterocycles. The van der Waals surface area contributed by atoms with Gasteiger partial charge in [0, 0.05) is 25.5 Å². The van der Waals surface area contributed by atoms with Gasteiger partial charge in [-0.15, -0.1) is 12.4 Å². The van der Waals surface area contributed by atoms with Crippen LogP contribution in [0.5, 0.6) is 0 Å². The van der Waals surface area contributed by atoms with E-state index in [1.807, 2.05) is 16.9 Å². The summed E-state index contributed by atoms with van der Waals surface area (Å²) in [6.07, 6.45) is 8.64. The summed E-state index contributed by atoms with van der Waals surface area (Å²) in [5.41, 5.74) is 1.07. The maximum Gasteiger partial charge on any atom is 0.250 e. The molecule has 28 heavy (non-hydrogen) atoms. The fourth-order valence-corrected chi connectivity index (χ4v) is 4.69. The molecule has 2 aromatic rings. The largest absolute Gasteiger partial charge is 0.340 e. The highest BCUT2D eigenvalue weighted by molar-refractivity contribution is 5.85. The van der Waals surface area contributed by atoms with Crippen molar-refractivity contribution in [2.45, 2.75) is 44.6 Å². The van der Waals surface area contributed by atoms with E-state index in [-0.39, 0.29) is 23.7 Å². The number of halogens is 1. The smallest absolute Gasteiger partial charge is 0.250 e. The van der Waals surface area contributed by atoms with Gasteiger partial charge in [-0.2, -0.15) is 5.10 Å².